The van der Waals surface area contributed by atoms with Crippen molar-refractivity contribution in [2.45, 2.75) is 289 Å². The summed E-state index contributed by atoms with van der Waals surface area (Å²) in [6.07, 6.45) is 40.0. The summed E-state index contributed by atoms with van der Waals surface area (Å²) in [7, 11) is 0. The lowest BCUT2D eigenvalue weighted by molar-refractivity contribution is -0.301. The van der Waals surface area contributed by atoms with E-state index >= 15 is 0 Å². The Bertz CT molecular complexity index is 1350. The summed E-state index contributed by atoms with van der Waals surface area (Å²) < 4.78 is 28.3. The Hall–Kier alpha value is -3.06. The number of rotatable bonds is 47. The second-order valence-electron chi connectivity index (χ2n) is 19.2. The molecule has 0 bridgehead atoms. The Morgan fingerprint density at radius 2 is 0.913 bits per heavy atom. The highest BCUT2D eigenvalue weighted by Gasteiger charge is 2.50. The van der Waals surface area contributed by atoms with Crippen LogP contribution in [0, 0.1) is 0 Å². The van der Waals surface area contributed by atoms with E-state index in [0.717, 1.165) is 83.5 Å². The highest BCUT2D eigenvalue weighted by Crippen LogP contribution is 2.26. The van der Waals surface area contributed by atoms with Gasteiger partial charge in [-0.2, -0.15) is 0 Å². The van der Waals surface area contributed by atoms with Crippen LogP contribution in [0.5, 0.6) is 0 Å². The maximum Gasteiger partial charge on any atom is 0.335 e. The Balaban J connectivity index is 2.69. The van der Waals surface area contributed by atoms with Gasteiger partial charge in [-0.3, -0.25) is 14.4 Å². The van der Waals surface area contributed by atoms with E-state index in [-0.39, 0.29) is 25.9 Å². The van der Waals surface area contributed by atoms with Crippen LogP contribution in [-0.2, 0) is 42.9 Å². The van der Waals surface area contributed by atoms with E-state index in [2.05, 4.69) is 57.2 Å². The van der Waals surface area contributed by atoms with Crippen molar-refractivity contribution < 1.29 is 58.2 Å². The predicted molar refractivity (Wildman–Crippen MR) is 276 cm³/mol. The van der Waals surface area contributed by atoms with Crippen molar-refractivity contribution in [3.05, 3.63) is 36.5 Å². The molecule has 400 valence electrons. The van der Waals surface area contributed by atoms with Gasteiger partial charge in [-0.05, 0) is 51.4 Å². The zero-order valence-electron chi connectivity index (χ0n) is 43.8. The van der Waals surface area contributed by atoms with E-state index in [1.165, 1.54) is 109 Å². The number of unbranched alkanes of at least 4 members (excludes halogenated alkanes) is 27. The second kappa shape index (κ2) is 46.0. The Kier molecular flexibility index (Phi) is 42.7. The first-order valence-electron chi connectivity index (χ1n) is 28.0. The summed E-state index contributed by atoms with van der Waals surface area (Å²) >= 11 is 0. The quantitative estimate of drug-likeness (QED) is 0.0228. The number of carboxylic acids is 1. The van der Waals surface area contributed by atoms with Crippen molar-refractivity contribution in [2.24, 2.45) is 0 Å². The molecule has 0 aromatic rings. The molecular formula is C57H100O12. The van der Waals surface area contributed by atoms with Gasteiger partial charge in [-0.1, -0.05) is 218 Å². The van der Waals surface area contributed by atoms with Gasteiger partial charge in [0.2, 0.25) is 0 Å². The van der Waals surface area contributed by atoms with Crippen molar-refractivity contribution >= 4 is 23.9 Å². The average molecular weight is 977 g/mol. The number of carboxylic acid groups (broad SMARTS) is 1. The number of allylic oxidation sites excluding steroid dienone is 6. The van der Waals surface area contributed by atoms with Crippen LogP contribution in [0.25, 0.3) is 0 Å². The van der Waals surface area contributed by atoms with Crippen molar-refractivity contribution in [1.29, 1.82) is 0 Å². The fraction of sp³-hybridized carbons (Fsp3) is 0.825. The molecule has 69 heavy (non-hydrogen) atoms. The minimum atomic E-state index is -1.90. The Morgan fingerprint density at radius 3 is 1.39 bits per heavy atom. The van der Waals surface area contributed by atoms with E-state index in [4.69, 9.17) is 23.7 Å². The molecule has 0 aromatic heterocycles. The number of esters is 3. The molecule has 0 aliphatic carbocycles. The number of aliphatic hydroxyl groups is 2. The van der Waals surface area contributed by atoms with E-state index in [1.807, 2.05) is 0 Å². The van der Waals surface area contributed by atoms with E-state index < -0.39 is 67.3 Å². The van der Waals surface area contributed by atoms with Gasteiger partial charge in [-0.25, -0.2) is 4.79 Å². The highest BCUT2D eigenvalue weighted by molar-refractivity contribution is 5.74. The van der Waals surface area contributed by atoms with Crippen LogP contribution in [0.1, 0.15) is 252 Å². The monoisotopic (exact) mass is 977 g/mol. The van der Waals surface area contributed by atoms with Gasteiger partial charge < -0.3 is 39.0 Å². The molecule has 1 aliphatic heterocycles. The Labute approximate surface area is 419 Å². The SMILES string of the molecule is CC/C=C\C/C=C\C/C=C\CCCCCC(=O)OC(COC(=O)CCCCCCCCCCCCCCCCCCC)COC1OC(C(=O)O)C(O)C(O)C1OC(=O)CCCCCCCCCCC. The first kappa shape index (κ1) is 64.0. The lowest BCUT2D eigenvalue weighted by Gasteiger charge is -2.40. The molecular weight excluding hydrogens is 877 g/mol. The van der Waals surface area contributed by atoms with Crippen LogP contribution in [0.15, 0.2) is 36.5 Å². The molecule has 1 rings (SSSR count). The van der Waals surface area contributed by atoms with Gasteiger partial charge in [0, 0.05) is 19.3 Å². The minimum absolute atomic E-state index is 0.0602. The molecule has 12 nitrogen and oxygen atoms in total. The molecule has 0 radical (unpaired) electrons. The first-order chi connectivity index (χ1) is 33.6. The minimum Gasteiger partial charge on any atom is -0.479 e. The second-order valence-corrected chi connectivity index (χ2v) is 19.2. The van der Waals surface area contributed by atoms with Gasteiger partial charge >= 0.3 is 23.9 Å². The number of carbonyl (C=O) groups excluding carboxylic acids is 3. The molecule has 1 heterocycles. The van der Waals surface area contributed by atoms with Crippen molar-refractivity contribution in [3.8, 4) is 0 Å². The molecule has 0 saturated carbocycles. The van der Waals surface area contributed by atoms with E-state index in [9.17, 15) is 34.5 Å². The van der Waals surface area contributed by atoms with Gasteiger partial charge in [0.25, 0.3) is 0 Å². The molecule has 1 fully saturated rings. The number of carbonyl (C=O) groups is 4. The smallest absolute Gasteiger partial charge is 0.335 e. The zero-order chi connectivity index (χ0) is 50.4. The van der Waals surface area contributed by atoms with Crippen LogP contribution < -0.4 is 0 Å². The summed E-state index contributed by atoms with van der Waals surface area (Å²) in [5, 5.41) is 31.3. The zero-order valence-corrected chi connectivity index (χ0v) is 43.8. The highest BCUT2D eigenvalue weighted by atomic mass is 16.7. The average Bonchev–Trinajstić information content (AvgIpc) is 3.33. The van der Waals surface area contributed by atoms with Gasteiger partial charge in [-0.15, -0.1) is 0 Å². The Morgan fingerprint density at radius 1 is 0.493 bits per heavy atom. The standard InChI is InChI=1S/C57H100O12/c1-4-7-10-13-16-19-21-23-24-25-26-28-29-32-34-37-40-43-49(58)65-46-48(67-50(59)44-41-38-36-33-30-27-22-20-17-14-11-8-5-2)47-66-57-55(53(62)52(61)54(69-57)56(63)64)68-51(60)45-42-39-35-31-18-15-12-9-6-3/h8,11,17,20,27,30,48,52-55,57,61-62H,4-7,9-10,12-16,18-19,21-26,28-29,31-47H2,1-3H3,(H,63,64)/b11-8-,20-17-,30-27-. The van der Waals surface area contributed by atoms with Crippen LogP contribution in [0.2, 0.25) is 0 Å². The van der Waals surface area contributed by atoms with E-state index in [1.54, 1.807) is 0 Å². The summed E-state index contributed by atoms with van der Waals surface area (Å²) in [5.74, 6) is -3.14. The molecule has 1 aliphatic rings. The number of hydrogen-bond acceptors (Lipinski definition) is 11. The largest absolute Gasteiger partial charge is 0.479 e. The molecule has 0 spiro atoms. The summed E-state index contributed by atoms with van der Waals surface area (Å²) in [5.41, 5.74) is 0. The molecule has 12 heteroatoms. The van der Waals surface area contributed by atoms with Crippen molar-refractivity contribution in [3.63, 3.8) is 0 Å². The molecule has 1 saturated heterocycles. The first-order valence-corrected chi connectivity index (χ1v) is 28.0. The van der Waals surface area contributed by atoms with E-state index in [0.29, 0.717) is 19.3 Å². The lowest BCUT2D eigenvalue weighted by Crippen LogP contribution is -2.61. The normalized spacial score (nSPS) is 18.9. The maximum absolute atomic E-state index is 13.1. The summed E-state index contributed by atoms with van der Waals surface area (Å²) in [6.45, 7) is 5.83. The third-order valence-corrected chi connectivity index (χ3v) is 12.7. The van der Waals surface area contributed by atoms with Crippen LogP contribution >= 0.6 is 0 Å². The van der Waals surface area contributed by atoms with Gasteiger partial charge in [0.15, 0.2) is 24.6 Å². The fourth-order valence-electron chi connectivity index (χ4n) is 8.44. The van der Waals surface area contributed by atoms with Crippen molar-refractivity contribution in [2.75, 3.05) is 13.2 Å². The maximum atomic E-state index is 13.1. The fourth-order valence-corrected chi connectivity index (χ4v) is 8.44. The predicted octanol–water partition coefficient (Wildman–Crippen LogP) is 13.7. The number of aliphatic hydroxyl groups excluding tert-OH is 2. The summed E-state index contributed by atoms with van der Waals surface area (Å²) in [4.78, 5) is 50.8. The third kappa shape index (κ3) is 36.5. The molecule has 3 N–H and O–H groups in total. The number of hydrogen-bond donors (Lipinski definition) is 3. The molecule has 6 unspecified atom stereocenters. The topological polar surface area (TPSA) is 175 Å². The van der Waals surface area contributed by atoms with Crippen LogP contribution in [0.3, 0.4) is 0 Å². The lowest BCUT2D eigenvalue weighted by atomic mass is 9.98. The molecule has 0 amide bonds. The molecule has 6 atom stereocenters. The third-order valence-electron chi connectivity index (χ3n) is 12.7. The van der Waals surface area contributed by atoms with Gasteiger partial charge in [0.1, 0.15) is 18.8 Å². The van der Waals surface area contributed by atoms with Crippen LogP contribution in [-0.4, -0.2) is 89.2 Å². The van der Waals surface area contributed by atoms with Gasteiger partial charge in [0.05, 0.1) is 6.61 Å². The van der Waals surface area contributed by atoms with Crippen molar-refractivity contribution in [1.82, 2.24) is 0 Å². The summed E-state index contributed by atoms with van der Waals surface area (Å²) in [6, 6.07) is 0. The number of aliphatic carboxylic acids is 1. The molecule has 0 aromatic carbocycles. The van der Waals surface area contributed by atoms with Crippen LogP contribution in [0.4, 0.5) is 0 Å². The number of ether oxygens (including phenoxy) is 5.